The number of anilines is 1. The van der Waals surface area contributed by atoms with E-state index >= 15 is 0 Å². The number of aryl methyl sites for hydroxylation is 1. The van der Waals surface area contributed by atoms with Gasteiger partial charge in [-0.15, -0.1) is 0 Å². The summed E-state index contributed by atoms with van der Waals surface area (Å²) >= 11 is 0. The molecule has 0 aromatic heterocycles. The van der Waals surface area contributed by atoms with Crippen molar-refractivity contribution in [3.8, 4) is 11.1 Å². The zero-order valence-electron chi connectivity index (χ0n) is 20.5. The van der Waals surface area contributed by atoms with E-state index in [1.54, 1.807) is 12.1 Å². The molecule has 2 aliphatic heterocycles. The number of carbonyl (C=O) groups excluding carboxylic acids is 5. The summed E-state index contributed by atoms with van der Waals surface area (Å²) in [4.78, 5) is 66.2. The summed E-state index contributed by atoms with van der Waals surface area (Å²) in [6.07, 6.45) is 0. The monoisotopic (exact) mass is 500 g/mol. The average molecular weight is 501 g/mol. The summed E-state index contributed by atoms with van der Waals surface area (Å²) < 4.78 is 0. The predicted octanol–water partition coefficient (Wildman–Crippen LogP) is 4.92. The maximum absolute atomic E-state index is 13.3. The van der Waals surface area contributed by atoms with Crippen LogP contribution in [0.1, 0.15) is 62.9 Å². The molecule has 0 saturated heterocycles. The van der Waals surface area contributed by atoms with Gasteiger partial charge in [0.15, 0.2) is 5.78 Å². The Morgan fingerprint density at radius 2 is 1.00 bits per heavy atom. The Morgan fingerprint density at radius 3 is 1.58 bits per heavy atom. The van der Waals surface area contributed by atoms with Crippen molar-refractivity contribution in [1.29, 1.82) is 0 Å². The lowest BCUT2D eigenvalue weighted by Gasteiger charge is -2.14. The number of ketones is 1. The molecule has 6 rings (SSSR count). The number of hydrogen-bond acceptors (Lipinski definition) is 5. The molecule has 4 aromatic carbocycles. The molecular formula is C31H20N2O5. The van der Waals surface area contributed by atoms with E-state index in [2.05, 4.69) is 0 Å². The first-order chi connectivity index (χ1) is 18.2. The van der Waals surface area contributed by atoms with E-state index in [0.29, 0.717) is 5.69 Å². The van der Waals surface area contributed by atoms with Gasteiger partial charge in [0.25, 0.3) is 23.6 Å². The standard InChI is InChI=1S/C31H20N2O5/c1-17-3-5-18(6-4-17)19-7-11-22(12-8-19)33-30(37)24-14-10-21(16-26(24)31(33)38)27(34)20-9-13-23-25(15-20)29(36)32(2)28(23)35/h3-16H,1-2H3. The Labute approximate surface area is 217 Å². The minimum absolute atomic E-state index is 0.135. The van der Waals surface area contributed by atoms with Crippen LogP contribution < -0.4 is 4.90 Å². The van der Waals surface area contributed by atoms with Crippen LogP contribution in [0.5, 0.6) is 0 Å². The maximum Gasteiger partial charge on any atom is 0.266 e. The highest BCUT2D eigenvalue weighted by Gasteiger charge is 2.38. The second-order valence-electron chi connectivity index (χ2n) is 9.38. The van der Waals surface area contributed by atoms with Gasteiger partial charge in [-0.2, -0.15) is 0 Å². The van der Waals surface area contributed by atoms with Gasteiger partial charge in [-0.3, -0.25) is 28.9 Å². The van der Waals surface area contributed by atoms with Gasteiger partial charge in [0.05, 0.1) is 27.9 Å². The molecule has 0 saturated carbocycles. The minimum Gasteiger partial charge on any atom is -0.289 e. The van der Waals surface area contributed by atoms with Crippen molar-refractivity contribution >= 4 is 35.1 Å². The zero-order valence-corrected chi connectivity index (χ0v) is 20.5. The Bertz CT molecular complexity index is 1720. The van der Waals surface area contributed by atoms with E-state index in [-0.39, 0.29) is 33.4 Å². The molecule has 0 radical (unpaired) electrons. The number of amides is 4. The molecule has 0 bridgehead atoms. The van der Waals surface area contributed by atoms with Crippen molar-refractivity contribution in [3.63, 3.8) is 0 Å². The van der Waals surface area contributed by atoms with Crippen molar-refractivity contribution in [2.75, 3.05) is 11.9 Å². The molecule has 4 amide bonds. The second-order valence-corrected chi connectivity index (χ2v) is 9.38. The van der Waals surface area contributed by atoms with Crippen LogP contribution in [0.15, 0.2) is 84.9 Å². The molecule has 184 valence electrons. The topological polar surface area (TPSA) is 91.8 Å². The highest BCUT2D eigenvalue weighted by molar-refractivity contribution is 6.35. The average Bonchev–Trinajstić information content (AvgIpc) is 3.32. The van der Waals surface area contributed by atoms with Gasteiger partial charge in [-0.25, -0.2) is 4.90 Å². The molecule has 2 aliphatic rings. The molecular weight excluding hydrogens is 480 g/mol. The first-order valence-electron chi connectivity index (χ1n) is 12.0. The first-order valence-corrected chi connectivity index (χ1v) is 12.0. The first kappa shape index (κ1) is 23.2. The molecule has 0 atom stereocenters. The Balaban J connectivity index is 1.29. The highest BCUT2D eigenvalue weighted by atomic mass is 16.2. The highest BCUT2D eigenvalue weighted by Crippen LogP contribution is 2.32. The maximum atomic E-state index is 13.3. The van der Waals surface area contributed by atoms with E-state index in [4.69, 9.17) is 0 Å². The van der Waals surface area contributed by atoms with Gasteiger partial charge in [0.1, 0.15) is 0 Å². The van der Waals surface area contributed by atoms with Crippen LogP contribution in [-0.2, 0) is 0 Å². The van der Waals surface area contributed by atoms with Crippen molar-refractivity contribution in [2.24, 2.45) is 0 Å². The predicted molar refractivity (Wildman–Crippen MR) is 140 cm³/mol. The van der Waals surface area contributed by atoms with Crippen molar-refractivity contribution < 1.29 is 24.0 Å². The Hall–Kier alpha value is -5.17. The van der Waals surface area contributed by atoms with Crippen LogP contribution >= 0.6 is 0 Å². The lowest BCUT2D eigenvalue weighted by atomic mass is 9.96. The third-order valence-electron chi connectivity index (χ3n) is 7.01. The number of carbonyl (C=O) groups is 5. The third-order valence-corrected chi connectivity index (χ3v) is 7.01. The number of nitrogens with zero attached hydrogens (tertiary/aromatic N) is 2. The summed E-state index contributed by atoms with van der Waals surface area (Å²) in [5.41, 5.74) is 4.74. The summed E-state index contributed by atoms with van der Waals surface area (Å²) in [5.74, 6) is -2.29. The van der Waals surface area contributed by atoms with Crippen molar-refractivity contribution in [3.05, 3.63) is 124 Å². The molecule has 0 spiro atoms. The number of fused-ring (bicyclic) bond motifs is 2. The van der Waals surface area contributed by atoms with E-state index in [1.807, 2.05) is 43.3 Å². The molecule has 7 nitrogen and oxygen atoms in total. The van der Waals surface area contributed by atoms with Gasteiger partial charge < -0.3 is 0 Å². The SMILES string of the molecule is Cc1ccc(-c2ccc(N3C(=O)c4ccc(C(=O)c5ccc6c(c5)C(=O)N(C)C6=O)cc4C3=O)cc2)cc1. The van der Waals surface area contributed by atoms with Gasteiger partial charge >= 0.3 is 0 Å². The van der Waals surface area contributed by atoms with Crippen LogP contribution in [0.25, 0.3) is 11.1 Å². The Morgan fingerprint density at radius 1 is 0.553 bits per heavy atom. The fourth-order valence-corrected chi connectivity index (χ4v) is 4.83. The number of benzene rings is 4. The minimum atomic E-state index is -0.515. The molecule has 0 fully saturated rings. The van der Waals surface area contributed by atoms with E-state index in [1.165, 1.54) is 43.4 Å². The van der Waals surface area contributed by atoms with E-state index in [9.17, 15) is 24.0 Å². The van der Waals surface area contributed by atoms with Crippen molar-refractivity contribution in [1.82, 2.24) is 4.90 Å². The zero-order chi connectivity index (χ0) is 26.7. The van der Waals surface area contributed by atoms with Crippen LogP contribution in [0.3, 0.4) is 0 Å². The fraction of sp³-hybridized carbons (Fsp3) is 0.0645. The second kappa shape index (κ2) is 8.45. The van der Waals surface area contributed by atoms with Crippen molar-refractivity contribution in [2.45, 2.75) is 6.92 Å². The van der Waals surface area contributed by atoms with Crippen LogP contribution in [0.2, 0.25) is 0 Å². The van der Waals surface area contributed by atoms with Crippen LogP contribution in [0.4, 0.5) is 5.69 Å². The summed E-state index contributed by atoms with van der Waals surface area (Å²) in [5, 5.41) is 0. The van der Waals surface area contributed by atoms with Gasteiger partial charge in [-0.1, -0.05) is 54.1 Å². The summed E-state index contributed by atoms with van der Waals surface area (Å²) in [6.45, 7) is 2.02. The van der Waals surface area contributed by atoms with Gasteiger partial charge in [-0.05, 0) is 54.4 Å². The summed E-state index contributed by atoms with van der Waals surface area (Å²) in [7, 11) is 1.39. The van der Waals surface area contributed by atoms with Gasteiger partial charge in [0.2, 0.25) is 0 Å². The molecule has 0 N–H and O–H groups in total. The van der Waals surface area contributed by atoms with E-state index < -0.39 is 29.4 Å². The molecule has 0 aliphatic carbocycles. The number of rotatable bonds is 4. The molecule has 38 heavy (non-hydrogen) atoms. The molecule has 7 heteroatoms. The lowest BCUT2D eigenvalue weighted by molar-refractivity contribution is 0.0692. The van der Waals surface area contributed by atoms with E-state index in [0.717, 1.165) is 26.5 Å². The molecule has 0 unspecified atom stereocenters. The fourth-order valence-electron chi connectivity index (χ4n) is 4.83. The Kier molecular flexibility index (Phi) is 5.17. The molecule has 4 aromatic rings. The molecule has 2 heterocycles. The quantitative estimate of drug-likeness (QED) is 0.293. The van der Waals surface area contributed by atoms with Gasteiger partial charge in [0, 0.05) is 18.2 Å². The lowest BCUT2D eigenvalue weighted by Crippen LogP contribution is -2.29. The number of hydrogen-bond donors (Lipinski definition) is 0. The normalized spacial score (nSPS) is 14.3. The summed E-state index contributed by atoms with van der Waals surface area (Å²) in [6, 6.07) is 23.9. The number of imide groups is 2. The van der Waals surface area contributed by atoms with Crippen LogP contribution in [-0.4, -0.2) is 41.4 Å². The smallest absolute Gasteiger partial charge is 0.266 e. The largest absolute Gasteiger partial charge is 0.289 e. The van der Waals surface area contributed by atoms with Crippen LogP contribution in [0, 0.1) is 6.92 Å². The third kappa shape index (κ3) is 3.48.